The smallest absolute Gasteiger partial charge is 0.203 e. The van der Waals surface area contributed by atoms with Crippen molar-refractivity contribution >= 4 is 0 Å². The van der Waals surface area contributed by atoms with Crippen molar-refractivity contribution in [3.8, 4) is 17.2 Å². The van der Waals surface area contributed by atoms with Crippen molar-refractivity contribution in [1.29, 1.82) is 0 Å². The Bertz CT molecular complexity index is 630. The molecule has 1 heterocycles. The minimum atomic E-state index is 0.500. The van der Waals surface area contributed by atoms with E-state index >= 15 is 0 Å². The van der Waals surface area contributed by atoms with E-state index in [1.165, 1.54) is 0 Å². The topological polar surface area (TPSA) is 57.5 Å². The van der Waals surface area contributed by atoms with Crippen molar-refractivity contribution in [2.45, 2.75) is 26.9 Å². The Morgan fingerprint density at radius 2 is 1.79 bits per heavy atom. The van der Waals surface area contributed by atoms with Crippen LogP contribution in [-0.4, -0.2) is 37.4 Å². The van der Waals surface area contributed by atoms with Crippen LogP contribution in [0, 0.1) is 12.8 Å². The van der Waals surface area contributed by atoms with Gasteiger partial charge in [0, 0.05) is 25.5 Å². The Kier molecular flexibility index (Phi) is 6.49. The highest BCUT2D eigenvalue weighted by Gasteiger charge is 2.13. The summed E-state index contributed by atoms with van der Waals surface area (Å²) in [4.78, 5) is 4.25. The summed E-state index contributed by atoms with van der Waals surface area (Å²) in [6.07, 6.45) is 3.86. The molecular formula is C18H27N3O3. The number of nitrogens with zero attached hydrogens (tertiary/aromatic N) is 2. The molecule has 1 atom stereocenters. The summed E-state index contributed by atoms with van der Waals surface area (Å²) in [6.45, 7) is 6.85. The van der Waals surface area contributed by atoms with Gasteiger partial charge in [-0.05, 0) is 37.1 Å². The Morgan fingerprint density at radius 3 is 2.29 bits per heavy atom. The van der Waals surface area contributed by atoms with Crippen LogP contribution < -0.4 is 19.5 Å². The number of nitrogens with one attached hydrogen (secondary N) is 1. The second-order valence-electron chi connectivity index (χ2n) is 5.90. The van der Waals surface area contributed by atoms with Crippen LogP contribution in [0.2, 0.25) is 0 Å². The van der Waals surface area contributed by atoms with Gasteiger partial charge in [0.1, 0.15) is 5.82 Å². The fraction of sp³-hybridized carbons (Fsp3) is 0.500. The molecule has 0 aliphatic heterocycles. The molecule has 1 N–H and O–H groups in total. The molecule has 0 saturated heterocycles. The molecule has 0 bridgehead atoms. The number of ether oxygens (including phenoxy) is 3. The standard InChI is InChI=1S/C18H27N3O3/c1-13(12-21-7-6-20-14(21)2)10-19-11-15-8-16(22-3)18(24-5)17(9-15)23-4/h6-9,13,19H,10-12H2,1-5H3. The number of imidazole rings is 1. The molecule has 1 aromatic heterocycles. The van der Waals surface area contributed by atoms with Gasteiger partial charge >= 0.3 is 0 Å². The Balaban J connectivity index is 1.93. The predicted octanol–water partition coefficient (Wildman–Crippen LogP) is 2.64. The van der Waals surface area contributed by atoms with Crippen molar-refractivity contribution in [2.75, 3.05) is 27.9 Å². The number of hydrogen-bond donors (Lipinski definition) is 1. The van der Waals surface area contributed by atoms with E-state index in [-0.39, 0.29) is 0 Å². The highest BCUT2D eigenvalue weighted by Crippen LogP contribution is 2.38. The molecule has 0 radical (unpaired) electrons. The third kappa shape index (κ3) is 4.41. The van der Waals surface area contributed by atoms with Gasteiger partial charge in [0.2, 0.25) is 5.75 Å². The van der Waals surface area contributed by atoms with Gasteiger partial charge in [-0.3, -0.25) is 0 Å². The molecule has 0 aliphatic rings. The quantitative estimate of drug-likeness (QED) is 0.764. The van der Waals surface area contributed by atoms with Crippen LogP contribution in [0.1, 0.15) is 18.3 Å². The van der Waals surface area contributed by atoms with E-state index in [1.807, 2.05) is 31.5 Å². The average molecular weight is 333 g/mol. The lowest BCUT2D eigenvalue weighted by atomic mass is 10.1. The molecule has 0 spiro atoms. The lowest BCUT2D eigenvalue weighted by Crippen LogP contribution is -2.24. The summed E-state index contributed by atoms with van der Waals surface area (Å²) in [5, 5.41) is 3.49. The summed E-state index contributed by atoms with van der Waals surface area (Å²) in [7, 11) is 4.87. The minimum Gasteiger partial charge on any atom is -0.493 e. The molecule has 6 heteroatoms. The van der Waals surface area contributed by atoms with Gasteiger partial charge in [-0.15, -0.1) is 0 Å². The first-order valence-electron chi connectivity index (χ1n) is 8.06. The summed E-state index contributed by atoms with van der Waals surface area (Å²) in [6, 6.07) is 3.94. The fourth-order valence-corrected chi connectivity index (χ4v) is 2.70. The van der Waals surface area contributed by atoms with Crippen LogP contribution in [-0.2, 0) is 13.1 Å². The maximum Gasteiger partial charge on any atom is 0.203 e. The van der Waals surface area contributed by atoms with E-state index in [4.69, 9.17) is 14.2 Å². The summed E-state index contributed by atoms with van der Waals surface area (Å²) >= 11 is 0. The van der Waals surface area contributed by atoms with Gasteiger partial charge in [0.15, 0.2) is 11.5 Å². The van der Waals surface area contributed by atoms with E-state index in [1.54, 1.807) is 21.3 Å². The molecular weight excluding hydrogens is 306 g/mol. The monoisotopic (exact) mass is 333 g/mol. The number of benzene rings is 1. The number of rotatable bonds is 9. The first-order chi connectivity index (χ1) is 11.6. The van der Waals surface area contributed by atoms with E-state index in [2.05, 4.69) is 21.8 Å². The molecule has 1 aromatic carbocycles. The molecule has 0 amide bonds. The van der Waals surface area contributed by atoms with Crippen molar-refractivity contribution in [1.82, 2.24) is 14.9 Å². The van der Waals surface area contributed by atoms with E-state index < -0.39 is 0 Å². The number of methoxy groups -OCH3 is 3. The lowest BCUT2D eigenvalue weighted by molar-refractivity contribution is 0.323. The number of aryl methyl sites for hydroxylation is 1. The lowest BCUT2D eigenvalue weighted by Gasteiger charge is -2.16. The second kappa shape index (κ2) is 8.59. The Hall–Kier alpha value is -2.21. The van der Waals surface area contributed by atoms with Crippen molar-refractivity contribution in [2.24, 2.45) is 5.92 Å². The Labute approximate surface area is 143 Å². The van der Waals surface area contributed by atoms with Gasteiger partial charge in [-0.25, -0.2) is 4.98 Å². The molecule has 2 rings (SSSR count). The first-order valence-corrected chi connectivity index (χ1v) is 8.06. The fourth-order valence-electron chi connectivity index (χ4n) is 2.70. The molecule has 0 fully saturated rings. The maximum absolute atomic E-state index is 5.39. The maximum atomic E-state index is 5.39. The molecule has 24 heavy (non-hydrogen) atoms. The molecule has 0 aliphatic carbocycles. The average Bonchev–Trinajstić information content (AvgIpc) is 2.98. The Morgan fingerprint density at radius 1 is 1.12 bits per heavy atom. The summed E-state index contributed by atoms with van der Waals surface area (Å²) in [5.41, 5.74) is 1.09. The van der Waals surface area contributed by atoms with Crippen molar-refractivity contribution in [3.05, 3.63) is 35.9 Å². The van der Waals surface area contributed by atoms with Gasteiger partial charge < -0.3 is 24.1 Å². The zero-order chi connectivity index (χ0) is 17.5. The zero-order valence-corrected chi connectivity index (χ0v) is 15.1. The first kappa shape index (κ1) is 18.1. The normalized spacial score (nSPS) is 12.0. The van der Waals surface area contributed by atoms with Gasteiger partial charge in [0.05, 0.1) is 21.3 Å². The third-order valence-electron chi connectivity index (χ3n) is 3.98. The molecule has 0 saturated carbocycles. The van der Waals surface area contributed by atoms with Crippen LogP contribution in [0.15, 0.2) is 24.5 Å². The van der Waals surface area contributed by atoms with Gasteiger partial charge in [-0.1, -0.05) is 6.92 Å². The third-order valence-corrected chi connectivity index (χ3v) is 3.98. The van der Waals surface area contributed by atoms with Crippen molar-refractivity contribution in [3.63, 3.8) is 0 Å². The predicted molar refractivity (Wildman–Crippen MR) is 93.9 cm³/mol. The van der Waals surface area contributed by atoms with E-state index in [0.29, 0.717) is 23.2 Å². The minimum absolute atomic E-state index is 0.500. The summed E-state index contributed by atoms with van der Waals surface area (Å²) < 4.78 is 18.3. The van der Waals surface area contributed by atoms with Gasteiger partial charge in [-0.2, -0.15) is 0 Å². The summed E-state index contributed by atoms with van der Waals surface area (Å²) in [5.74, 6) is 3.52. The second-order valence-corrected chi connectivity index (χ2v) is 5.90. The van der Waals surface area contributed by atoms with Crippen LogP contribution in [0.5, 0.6) is 17.2 Å². The van der Waals surface area contributed by atoms with Crippen LogP contribution in [0.25, 0.3) is 0 Å². The highest BCUT2D eigenvalue weighted by molar-refractivity contribution is 5.53. The van der Waals surface area contributed by atoms with Crippen LogP contribution in [0.3, 0.4) is 0 Å². The molecule has 1 unspecified atom stereocenters. The zero-order valence-electron chi connectivity index (χ0n) is 15.1. The van der Waals surface area contributed by atoms with Crippen LogP contribution >= 0.6 is 0 Å². The van der Waals surface area contributed by atoms with E-state index in [0.717, 1.165) is 31.0 Å². The molecule has 132 valence electrons. The molecule has 6 nitrogen and oxygen atoms in total. The van der Waals surface area contributed by atoms with Crippen LogP contribution in [0.4, 0.5) is 0 Å². The van der Waals surface area contributed by atoms with Crippen molar-refractivity contribution < 1.29 is 14.2 Å². The molecule has 2 aromatic rings. The number of hydrogen-bond acceptors (Lipinski definition) is 5. The van der Waals surface area contributed by atoms with Gasteiger partial charge in [0.25, 0.3) is 0 Å². The van der Waals surface area contributed by atoms with E-state index in [9.17, 15) is 0 Å². The SMILES string of the molecule is COc1cc(CNCC(C)Cn2ccnc2C)cc(OC)c1OC. The highest BCUT2D eigenvalue weighted by atomic mass is 16.5. The number of aromatic nitrogens is 2. The largest absolute Gasteiger partial charge is 0.493 e.